The van der Waals surface area contributed by atoms with Crippen LogP contribution in [0.1, 0.15) is 24.5 Å². The fourth-order valence-electron chi connectivity index (χ4n) is 2.30. The molecule has 100 valence electrons. The van der Waals surface area contributed by atoms with Gasteiger partial charge in [-0.1, -0.05) is 49.4 Å². The first-order valence-electron chi connectivity index (χ1n) is 6.31. The molecule has 0 aliphatic carbocycles. The highest BCUT2D eigenvalue weighted by molar-refractivity contribution is 5.42. The summed E-state index contributed by atoms with van der Waals surface area (Å²) < 4.78 is 19.5. The largest absolute Gasteiger partial charge is 0.494 e. The maximum Gasteiger partial charge on any atom is 0.170 e. The fourth-order valence-corrected chi connectivity index (χ4v) is 2.30. The van der Waals surface area contributed by atoms with Crippen LogP contribution in [0, 0.1) is 5.82 Å². The van der Waals surface area contributed by atoms with Gasteiger partial charge < -0.3 is 10.5 Å². The van der Waals surface area contributed by atoms with E-state index in [1.807, 2.05) is 37.3 Å². The van der Waals surface area contributed by atoms with Gasteiger partial charge in [-0.15, -0.1) is 0 Å². The number of hydrogen-bond acceptors (Lipinski definition) is 2. The van der Waals surface area contributed by atoms with Gasteiger partial charge in [0, 0.05) is 5.56 Å². The van der Waals surface area contributed by atoms with Crippen LogP contribution in [0.15, 0.2) is 48.5 Å². The smallest absolute Gasteiger partial charge is 0.170 e. The molecule has 3 heteroatoms. The summed E-state index contributed by atoms with van der Waals surface area (Å²) in [6.45, 7) is 1.95. The Hall–Kier alpha value is -1.87. The lowest BCUT2D eigenvalue weighted by atomic mass is 9.81. The molecular formula is C16H18FNO. The van der Waals surface area contributed by atoms with Gasteiger partial charge in [0.05, 0.1) is 12.6 Å². The van der Waals surface area contributed by atoms with Crippen LogP contribution in [0.2, 0.25) is 0 Å². The van der Waals surface area contributed by atoms with E-state index in [4.69, 9.17) is 10.5 Å². The third-order valence-corrected chi connectivity index (χ3v) is 3.51. The fraction of sp³-hybridized carbons (Fsp3) is 0.250. The lowest BCUT2D eigenvalue weighted by molar-refractivity contribution is 0.375. The normalized spacial score (nSPS) is 13.9. The van der Waals surface area contributed by atoms with Crippen LogP contribution in [0.3, 0.4) is 0 Å². The van der Waals surface area contributed by atoms with Crippen molar-refractivity contribution in [1.82, 2.24) is 0 Å². The number of nitrogens with two attached hydrogens (primary N) is 1. The first-order valence-corrected chi connectivity index (χ1v) is 6.31. The maximum atomic E-state index is 14.4. The van der Waals surface area contributed by atoms with Crippen LogP contribution in [0.5, 0.6) is 5.75 Å². The van der Waals surface area contributed by atoms with Gasteiger partial charge in [-0.3, -0.25) is 0 Å². The molecule has 2 rings (SSSR count). The zero-order chi connectivity index (χ0) is 13.9. The van der Waals surface area contributed by atoms with E-state index in [0.29, 0.717) is 12.0 Å². The first-order chi connectivity index (χ1) is 9.13. The molecule has 0 amide bonds. The molecular weight excluding hydrogens is 241 g/mol. The van der Waals surface area contributed by atoms with Gasteiger partial charge in [0.15, 0.2) is 11.6 Å². The summed E-state index contributed by atoms with van der Waals surface area (Å²) in [6, 6.07) is 14.6. The first kappa shape index (κ1) is 13.6. The molecule has 19 heavy (non-hydrogen) atoms. The number of halogens is 1. The van der Waals surface area contributed by atoms with E-state index in [1.165, 1.54) is 7.11 Å². The quantitative estimate of drug-likeness (QED) is 0.912. The van der Waals surface area contributed by atoms with Gasteiger partial charge in [-0.25, -0.2) is 4.39 Å². The molecule has 2 N–H and O–H groups in total. The van der Waals surface area contributed by atoms with Gasteiger partial charge in [-0.05, 0) is 18.1 Å². The highest BCUT2D eigenvalue weighted by atomic mass is 19.1. The molecule has 0 saturated carbocycles. The molecule has 1 unspecified atom stereocenters. The second kappa shape index (κ2) is 5.41. The minimum atomic E-state index is -0.847. The van der Waals surface area contributed by atoms with Crippen molar-refractivity contribution in [3.05, 3.63) is 65.5 Å². The number of rotatable bonds is 4. The molecule has 0 spiro atoms. The van der Waals surface area contributed by atoms with Gasteiger partial charge in [0.1, 0.15) is 0 Å². The minimum absolute atomic E-state index is 0.219. The highest BCUT2D eigenvalue weighted by Crippen LogP contribution is 2.34. The Morgan fingerprint density at radius 1 is 1.11 bits per heavy atom. The predicted octanol–water partition coefficient (Wildman–Crippen LogP) is 3.45. The van der Waals surface area contributed by atoms with Crippen LogP contribution in [-0.4, -0.2) is 7.11 Å². The SMILES string of the molecule is CCC(N)(c1ccccc1)c1cccc(OC)c1F. The number of methoxy groups -OCH3 is 1. The zero-order valence-electron chi connectivity index (χ0n) is 11.2. The third-order valence-electron chi connectivity index (χ3n) is 3.51. The molecule has 0 aromatic heterocycles. The highest BCUT2D eigenvalue weighted by Gasteiger charge is 2.31. The van der Waals surface area contributed by atoms with Crippen molar-refractivity contribution in [2.24, 2.45) is 5.73 Å². The van der Waals surface area contributed by atoms with Crippen molar-refractivity contribution < 1.29 is 9.13 Å². The van der Waals surface area contributed by atoms with E-state index in [9.17, 15) is 4.39 Å². The van der Waals surface area contributed by atoms with Crippen molar-refractivity contribution in [3.63, 3.8) is 0 Å². The molecule has 0 bridgehead atoms. The molecule has 0 aliphatic heterocycles. The van der Waals surface area contributed by atoms with Crippen molar-refractivity contribution in [3.8, 4) is 5.75 Å². The maximum absolute atomic E-state index is 14.4. The number of benzene rings is 2. The Morgan fingerprint density at radius 2 is 1.79 bits per heavy atom. The van der Waals surface area contributed by atoms with Crippen molar-refractivity contribution in [2.45, 2.75) is 18.9 Å². The molecule has 2 aromatic rings. The Labute approximate surface area is 113 Å². The average molecular weight is 259 g/mol. The van der Waals surface area contributed by atoms with Crippen LogP contribution < -0.4 is 10.5 Å². The van der Waals surface area contributed by atoms with Crippen molar-refractivity contribution >= 4 is 0 Å². The summed E-state index contributed by atoms with van der Waals surface area (Å²) >= 11 is 0. The summed E-state index contributed by atoms with van der Waals surface area (Å²) in [5.74, 6) is -0.171. The molecule has 2 nitrogen and oxygen atoms in total. The Kier molecular flexibility index (Phi) is 3.86. The standard InChI is InChI=1S/C16H18FNO/c1-3-16(18,12-8-5-4-6-9-12)13-10-7-11-14(19-2)15(13)17/h4-11H,3,18H2,1-2H3. The minimum Gasteiger partial charge on any atom is -0.494 e. The van der Waals surface area contributed by atoms with E-state index in [2.05, 4.69) is 0 Å². The lowest BCUT2D eigenvalue weighted by Crippen LogP contribution is -2.38. The van der Waals surface area contributed by atoms with E-state index >= 15 is 0 Å². The monoisotopic (exact) mass is 259 g/mol. The van der Waals surface area contributed by atoms with E-state index in [-0.39, 0.29) is 5.75 Å². The summed E-state index contributed by atoms with van der Waals surface area (Å²) in [6.07, 6.45) is 0.598. The molecule has 0 aliphatic rings. The summed E-state index contributed by atoms with van der Waals surface area (Å²) in [5, 5.41) is 0. The Bertz CT molecular complexity index is 556. The predicted molar refractivity (Wildman–Crippen MR) is 74.7 cm³/mol. The van der Waals surface area contributed by atoms with Gasteiger partial charge >= 0.3 is 0 Å². The zero-order valence-corrected chi connectivity index (χ0v) is 11.2. The van der Waals surface area contributed by atoms with Crippen molar-refractivity contribution in [2.75, 3.05) is 7.11 Å². The molecule has 0 fully saturated rings. The molecule has 0 saturated heterocycles. The Morgan fingerprint density at radius 3 is 2.37 bits per heavy atom. The Balaban J connectivity index is 2.60. The summed E-state index contributed by atoms with van der Waals surface area (Å²) in [5.41, 5.74) is 6.97. The van der Waals surface area contributed by atoms with Gasteiger partial charge in [-0.2, -0.15) is 0 Å². The molecule has 2 aromatic carbocycles. The van der Waals surface area contributed by atoms with Gasteiger partial charge in [0.25, 0.3) is 0 Å². The number of hydrogen-bond donors (Lipinski definition) is 1. The van der Waals surface area contributed by atoms with Gasteiger partial charge in [0.2, 0.25) is 0 Å². The average Bonchev–Trinajstić information content (AvgIpc) is 2.47. The van der Waals surface area contributed by atoms with Crippen LogP contribution >= 0.6 is 0 Å². The van der Waals surface area contributed by atoms with Crippen molar-refractivity contribution in [1.29, 1.82) is 0 Å². The molecule has 1 atom stereocenters. The van der Waals surface area contributed by atoms with Crippen LogP contribution in [-0.2, 0) is 5.54 Å². The molecule has 0 radical (unpaired) electrons. The number of ether oxygens (including phenoxy) is 1. The van der Waals surface area contributed by atoms with Crippen LogP contribution in [0.25, 0.3) is 0 Å². The van der Waals surface area contributed by atoms with E-state index in [1.54, 1.807) is 18.2 Å². The second-order valence-electron chi connectivity index (χ2n) is 4.51. The van der Waals surface area contributed by atoms with Crippen LogP contribution in [0.4, 0.5) is 4.39 Å². The summed E-state index contributed by atoms with van der Waals surface area (Å²) in [7, 11) is 1.45. The molecule has 0 heterocycles. The second-order valence-corrected chi connectivity index (χ2v) is 4.51. The topological polar surface area (TPSA) is 35.2 Å². The van der Waals surface area contributed by atoms with E-state index < -0.39 is 11.4 Å². The lowest BCUT2D eigenvalue weighted by Gasteiger charge is -2.30. The summed E-state index contributed by atoms with van der Waals surface area (Å²) in [4.78, 5) is 0. The van der Waals surface area contributed by atoms with E-state index in [0.717, 1.165) is 5.56 Å². The third kappa shape index (κ3) is 2.34.